The zero-order valence-electron chi connectivity index (χ0n) is 14.7. The van der Waals surface area contributed by atoms with Gasteiger partial charge in [-0.15, -0.1) is 0 Å². The van der Waals surface area contributed by atoms with Gasteiger partial charge in [0.2, 0.25) is 0 Å². The Labute approximate surface area is 136 Å². The van der Waals surface area contributed by atoms with Crippen LogP contribution in [0.15, 0.2) is 16.9 Å². The summed E-state index contributed by atoms with van der Waals surface area (Å²) >= 11 is 0. The SMILES string of the molecule is COC(=O)C(C)(C)n1nc(B2OC(C)(C)C(C)(C)O2)ccc1=O. The molecule has 0 atom stereocenters. The highest BCUT2D eigenvalue weighted by molar-refractivity contribution is 6.61. The van der Waals surface area contributed by atoms with Gasteiger partial charge in [0.05, 0.1) is 23.9 Å². The van der Waals surface area contributed by atoms with Gasteiger partial charge in [0, 0.05) is 6.07 Å². The van der Waals surface area contributed by atoms with Gasteiger partial charge < -0.3 is 14.0 Å². The Morgan fingerprint density at radius 3 is 2.22 bits per heavy atom. The number of nitrogens with zero attached hydrogens (tertiary/aromatic N) is 2. The smallest absolute Gasteiger partial charge is 0.467 e. The summed E-state index contributed by atoms with van der Waals surface area (Å²) in [6.45, 7) is 10.9. The van der Waals surface area contributed by atoms with Gasteiger partial charge in [-0.25, -0.2) is 9.48 Å². The minimum atomic E-state index is -1.23. The number of aromatic nitrogens is 2. The first-order valence-electron chi connectivity index (χ1n) is 7.47. The van der Waals surface area contributed by atoms with Crippen LogP contribution in [0.5, 0.6) is 0 Å². The first kappa shape index (κ1) is 17.7. The van der Waals surface area contributed by atoms with Crippen LogP contribution in [0.2, 0.25) is 0 Å². The summed E-state index contributed by atoms with van der Waals surface area (Å²) in [6.07, 6.45) is 0. The predicted molar refractivity (Wildman–Crippen MR) is 85.6 cm³/mol. The van der Waals surface area contributed by atoms with Crippen LogP contribution in [-0.4, -0.2) is 41.2 Å². The van der Waals surface area contributed by atoms with Crippen LogP contribution in [0.4, 0.5) is 0 Å². The molecule has 8 heteroatoms. The molecular formula is C15H23BN2O5. The third-order valence-electron chi connectivity index (χ3n) is 4.53. The highest BCUT2D eigenvalue weighted by atomic mass is 16.7. The van der Waals surface area contributed by atoms with Gasteiger partial charge in [0.15, 0.2) is 5.54 Å². The summed E-state index contributed by atoms with van der Waals surface area (Å²) in [6, 6.07) is 2.90. The molecule has 1 aromatic heterocycles. The van der Waals surface area contributed by atoms with Crippen LogP contribution >= 0.6 is 0 Å². The Kier molecular flexibility index (Phi) is 4.19. The van der Waals surface area contributed by atoms with Crippen molar-refractivity contribution in [2.45, 2.75) is 58.3 Å². The van der Waals surface area contributed by atoms with E-state index < -0.39 is 35.4 Å². The summed E-state index contributed by atoms with van der Waals surface area (Å²) < 4.78 is 17.7. The lowest BCUT2D eigenvalue weighted by Gasteiger charge is -2.32. The van der Waals surface area contributed by atoms with Gasteiger partial charge in [-0.05, 0) is 47.6 Å². The van der Waals surface area contributed by atoms with Crippen molar-refractivity contribution in [3.8, 4) is 0 Å². The van der Waals surface area contributed by atoms with Crippen LogP contribution < -0.4 is 11.2 Å². The number of rotatable bonds is 3. The first-order valence-corrected chi connectivity index (χ1v) is 7.47. The van der Waals surface area contributed by atoms with E-state index in [1.165, 1.54) is 13.2 Å². The van der Waals surface area contributed by atoms with Gasteiger partial charge in [0.25, 0.3) is 5.56 Å². The van der Waals surface area contributed by atoms with Crippen molar-refractivity contribution < 1.29 is 18.8 Å². The molecule has 0 spiro atoms. The average Bonchev–Trinajstić information content (AvgIpc) is 2.66. The Morgan fingerprint density at radius 2 is 1.74 bits per heavy atom. The van der Waals surface area contributed by atoms with Crippen LogP contribution in [0.3, 0.4) is 0 Å². The van der Waals surface area contributed by atoms with E-state index in [1.54, 1.807) is 19.9 Å². The van der Waals surface area contributed by atoms with Gasteiger partial charge >= 0.3 is 13.1 Å². The molecule has 1 aromatic rings. The molecule has 0 aromatic carbocycles. The summed E-state index contributed by atoms with van der Waals surface area (Å²) in [4.78, 5) is 24.1. The minimum Gasteiger partial charge on any atom is -0.467 e. The molecule has 1 saturated heterocycles. The van der Waals surface area contributed by atoms with Crippen molar-refractivity contribution in [1.82, 2.24) is 9.78 Å². The third-order valence-corrected chi connectivity index (χ3v) is 4.53. The molecule has 1 aliphatic rings. The molecular weight excluding hydrogens is 299 g/mol. The van der Waals surface area contributed by atoms with Gasteiger partial charge in [-0.1, -0.05) is 0 Å². The van der Waals surface area contributed by atoms with Crippen LogP contribution in [-0.2, 0) is 24.4 Å². The van der Waals surface area contributed by atoms with E-state index in [4.69, 9.17) is 14.0 Å². The summed E-state index contributed by atoms with van der Waals surface area (Å²) in [5.74, 6) is -0.557. The van der Waals surface area contributed by atoms with E-state index in [1.807, 2.05) is 27.7 Å². The normalized spacial score (nSPS) is 19.7. The van der Waals surface area contributed by atoms with E-state index in [-0.39, 0.29) is 0 Å². The second kappa shape index (κ2) is 5.45. The van der Waals surface area contributed by atoms with Crippen LogP contribution in [0, 0.1) is 0 Å². The van der Waals surface area contributed by atoms with Crippen molar-refractivity contribution in [2.24, 2.45) is 0 Å². The maximum Gasteiger partial charge on any atom is 0.516 e. The molecule has 0 unspecified atom stereocenters. The minimum absolute atomic E-state index is 0.402. The fourth-order valence-electron chi connectivity index (χ4n) is 2.25. The predicted octanol–water partition coefficient (Wildman–Crippen LogP) is 0.451. The Balaban J connectivity index is 2.44. The average molecular weight is 322 g/mol. The van der Waals surface area contributed by atoms with E-state index in [0.29, 0.717) is 5.59 Å². The quantitative estimate of drug-likeness (QED) is 0.594. The number of ether oxygens (including phenoxy) is 1. The zero-order valence-corrected chi connectivity index (χ0v) is 14.7. The number of hydrogen-bond donors (Lipinski definition) is 0. The maximum absolute atomic E-state index is 12.1. The third kappa shape index (κ3) is 2.93. The summed E-state index contributed by atoms with van der Waals surface area (Å²) in [5.41, 5.74) is -2.23. The number of methoxy groups -OCH3 is 1. The van der Waals surface area contributed by atoms with Crippen LogP contribution in [0.1, 0.15) is 41.5 Å². The molecule has 126 valence electrons. The summed E-state index contributed by atoms with van der Waals surface area (Å²) in [5, 5.41) is 4.28. The molecule has 0 bridgehead atoms. The molecule has 0 aliphatic carbocycles. The fourth-order valence-corrected chi connectivity index (χ4v) is 2.25. The van der Waals surface area contributed by atoms with Gasteiger partial charge in [-0.2, -0.15) is 5.10 Å². The van der Waals surface area contributed by atoms with E-state index in [2.05, 4.69) is 5.10 Å². The van der Waals surface area contributed by atoms with Crippen molar-refractivity contribution >= 4 is 18.7 Å². The fraction of sp³-hybridized carbons (Fsp3) is 0.667. The molecule has 2 heterocycles. The molecule has 1 fully saturated rings. The lowest BCUT2D eigenvalue weighted by atomic mass is 9.84. The van der Waals surface area contributed by atoms with Crippen molar-refractivity contribution in [1.29, 1.82) is 0 Å². The number of hydrogen-bond acceptors (Lipinski definition) is 6. The number of carbonyl (C=O) groups excluding carboxylic acids is 1. The highest BCUT2D eigenvalue weighted by Gasteiger charge is 2.52. The largest absolute Gasteiger partial charge is 0.516 e. The standard InChI is InChI=1S/C15H23BN2O5/c1-13(2,12(20)21-7)18-11(19)9-8-10(17-18)16-22-14(3,4)15(5,6)23-16/h8-9H,1-7H3. The molecule has 1 aliphatic heterocycles. The van der Waals surface area contributed by atoms with Crippen LogP contribution in [0.25, 0.3) is 0 Å². The monoisotopic (exact) mass is 322 g/mol. The molecule has 7 nitrogen and oxygen atoms in total. The molecule has 0 saturated carbocycles. The second-order valence-electron chi connectivity index (χ2n) is 7.15. The first-order chi connectivity index (χ1) is 10.4. The zero-order chi connectivity index (χ0) is 17.6. The Hall–Kier alpha value is -1.67. The summed E-state index contributed by atoms with van der Waals surface area (Å²) in [7, 11) is 0.563. The second-order valence-corrected chi connectivity index (χ2v) is 7.15. The molecule has 23 heavy (non-hydrogen) atoms. The molecule has 0 amide bonds. The lowest BCUT2D eigenvalue weighted by Crippen LogP contribution is -2.49. The number of carbonyl (C=O) groups is 1. The van der Waals surface area contributed by atoms with Crippen molar-refractivity contribution in [3.63, 3.8) is 0 Å². The Bertz CT molecular complexity index is 665. The van der Waals surface area contributed by atoms with Crippen molar-refractivity contribution in [2.75, 3.05) is 7.11 Å². The van der Waals surface area contributed by atoms with Gasteiger partial charge in [-0.3, -0.25) is 4.79 Å². The highest BCUT2D eigenvalue weighted by Crippen LogP contribution is 2.36. The molecule has 0 N–H and O–H groups in total. The van der Waals surface area contributed by atoms with E-state index in [9.17, 15) is 9.59 Å². The lowest BCUT2D eigenvalue weighted by molar-refractivity contribution is -0.150. The van der Waals surface area contributed by atoms with Gasteiger partial charge in [0.1, 0.15) is 0 Å². The maximum atomic E-state index is 12.1. The molecule has 0 radical (unpaired) electrons. The number of esters is 1. The van der Waals surface area contributed by atoms with E-state index >= 15 is 0 Å². The Morgan fingerprint density at radius 1 is 1.22 bits per heavy atom. The topological polar surface area (TPSA) is 79.7 Å². The van der Waals surface area contributed by atoms with Crippen molar-refractivity contribution in [3.05, 3.63) is 22.5 Å². The van der Waals surface area contributed by atoms with E-state index in [0.717, 1.165) is 4.68 Å². The molecule has 2 rings (SSSR count).